The normalized spacial score (nSPS) is 10.9. The van der Waals surface area contributed by atoms with Crippen molar-refractivity contribution >= 4 is 40.5 Å². The molecule has 0 spiro atoms. The van der Waals surface area contributed by atoms with Crippen molar-refractivity contribution in [3.63, 3.8) is 0 Å². The fourth-order valence-corrected chi connectivity index (χ4v) is 4.73. The molecule has 0 amide bonds. The minimum atomic E-state index is 0.0880. The topological polar surface area (TPSA) is 47.8 Å². The lowest BCUT2D eigenvalue weighted by atomic mass is 10.2. The summed E-state index contributed by atoms with van der Waals surface area (Å²) in [6.45, 7) is 2.00. The Labute approximate surface area is 176 Å². The second kappa shape index (κ2) is 8.31. The average molecular weight is 426 g/mol. The molecule has 0 saturated carbocycles. The van der Waals surface area contributed by atoms with Gasteiger partial charge in [-0.05, 0) is 43.3 Å². The number of thioether (sulfide) groups is 1. The number of hydrogen-bond donors (Lipinski definition) is 0. The van der Waals surface area contributed by atoms with Crippen molar-refractivity contribution in [3.8, 4) is 17.1 Å². The predicted octanol–water partition coefficient (Wildman–Crippen LogP) is 5.93. The van der Waals surface area contributed by atoms with Gasteiger partial charge in [0, 0.05) is 16.1 Å². The molecule has 0 N–H and O–H groups in total. The van der Waals surface area contributed by atoms with Crippen molar-refractivity contribution in [3.05, 3.63) is 81.5 Å². The number of benzene rings is 2. The zero-order chi connectivity index (χ0) is 19.5. The molecule has 7 heteroatoms. The van der Waals surface area contributed by atoms with E-state index in [0.29, 0.717) is 21.8 Å². The molecule has 0 radical (unpaired) electrons. The predicted molar refractivity (Wildman–Crippen MR) is 116 cm³/mol. The van der Waals surface area contributed by atoms with Gasteiger partial charge in [-0.1, -0.05) is 53.7 Å². The lowest BCUT2D eigenvalue weighted by Crippen LogP contribution is -2.03. The van der Waals surface area contributed by atoms with Gasteiger partial charge in [-0.25, -0.2) is 0 Å². The average Bonchev–Trinajstić information content (AvgIpc) is 3.33. The Morgan fingerprint density at radius 2 is 1.79 bits per heavy atom. The summed E-state index contributed by atoms with van der Waals surface area (Å²) in [5.74, 6) is 1.04. The van der Waals surface area contributed by atoms with E-state index in [9.17, 15) is 4.79 Å². The molecule has 0 saturated heterocycles. The van der Waals surface area contributed by atoms with Crippen LogP contribution in [-0.2, 0) is 0 Å². The van der Waals surface area contributed by atoms with Crippen molar-refractivity contribution in [2.45, 2.75) is 12.1 Å². The highest BCUT2D eigenvalue weighted by Crippen LogP contribution is 2.32. The van der Waals surface area contributed by atoms with Crippen LogP contribution >= 0.6 is 34.7 Å². The molecule has 2 heterocycles. The Balaban J connectivity index is 1.70. The lowest BCUT2D eigenvalue weighted by molar-refractivity contribution is 0.102. The number of aromatic nitrogens is 3. The number of carbonyl (C=O) groups excluding carboxylic acids is 1. The van der Waals surface area contributed by atoms with Gasteiger partial charge in [0.25, 0.3) is 0 Å². The minimum Gasteiger partial charge on any atom is -0.292 e. The molecular weight excluding hydrogens is 410 g/mol. The minimum absolute atomic E-state index is 0.0880. The highest BCUT2D eigenvalue weighted by molar-refractivity contribution is 7.99. The van der Waals surface area contributed by atoms with Crippen molar-refractivity contribution in [2.75, 3.05) is 5.75 Å². The van der Waals surface area contributed by atoms with Gasteiger partial charge >= 0.3 is 0 Å². The molecule has 2 aromatic carbocycles. The number of rotatable bonds is 6. The van der Waals surface area contributed by atoms with Crippen molar-refractivity contribution in [1.82, 2.24) is 14.8 Å². The molecule has 0 atom stereocenters. The van der Waals surface area contributed by atoms with Gasteiger partial charge in [0.2, 0.25) is 0 Å². The molecule has 0 aliphatic rings. The fourth-order valence-electron chi connectivity index (χ4n) is 2.78. The van der Waals surface area contributed by atoms with Crippen LogP contribution in [0.2, 0.25) is 5.02 Å². The fraction of sp³-hybridized carbons (Fsp3) is 0.0952. The largest absolute Gasteiger partial charge is 0.292 e. The summed E-state index contributed by atoms with van der Waals surface area (Å²) in [4.78, 5) is 14.4. The standard InChI is InChI=1S/C21H16ClN3OS2/c1-14-11-12-19(28-14)18(26)13-27-21-24-23-20(16-9-5-6-10-17(16)22)25(21)15-7-3-2-4-8-15/h2-12H,13H2,1H3. The van der Waals surface area contributed by atoms with Crippen molar-refractivity contribution < 1.29 is 4.79 Å². The lowest BCUT2D eigenvalue weighted by Gasteiger charge is -2.10. The van der Waals surface area contributed by atoms with Crippen LogP contribution in [0.15, 0.2) is 71.9 Å². The molecule has 28 heavy (non-hydrogen) atoms. The van der Waals surface area contributed by atoms with Gasteiger partial charge in [-0.2, -0.15) is 0 Å². The maximum atomic E-state index is 12.5. The molecular formula is C21H16ClN3OS2. The Kier molecular flexibility index (Phi) is 5.62. The first-order valence-electron chi connectivity index (χ1n) is 8.61. The van der Waals surface area contributed by atoms with Crippen molar-refractivity contribution in [1.29, 1.82) is 0 Å². The third kappa shape index (κ3) is 3.90. The number of nitrogens with zero attached hydrogens (tertiary/aromatic N) is 3. The van der Waals surface area contributed by atoms with E-state index in [1.54, 1.807) is 0 Å². The summed E-state index contributed by atoms with van der Waals surface area (Å²) in [6, 6.07) is 21.2. The quantitative estimate of drug-likeness (QED) is 0.283. The summed E-state index contributed by atoms with van der Waals surface area (Å²) in [5.41, 5.74) is 1.72. The van der Waals surface area contributed by atoms with Crippen LogP contribution in [0, 0.1) is 6.92 Å². The van der Waals surface area contributed by atoms with Gasteiger partial charge in [-0.15, -0.1) is 21.5 Å². The second-order valence-corrected chi connectivity index (χ2v) is 8.72. The monoisotopic (exact) mass is 425 g/mol. The third-order valence-corrected chi connectivity index (χ3v) is 6.41. The first-order chi connectivity index (χ1) is 13.6. The van der Waals surface area contributed by atoms with Crippen LogP contribution in [0.3, 0.4) is 0 Å². The maximum absolute atomic E-state index is 12.5. The van der Waals surface area contributed by atoms with Gasteiger partial charge in [0.15, 0.2) is 16.8 Å². The zero-order valence-electron chi connectivity index (χ0n) is 15.0. The summed E-state index contributed by atoms with van der Waals surface area (Å²) >= 11 is 9.29. The Bertz CT molecular complexity index is 1120. The maximum Gasteiger partial charge on any atom is 0.196 e. The molecule has 0 aliphatic carbocycles. The first-order valence-corrected chi connectivity index (χ1v) is 10.8. The number of para-hydroxylation sites is 1. The van der Waals surface area contributed by atoms with Gasteiger partial charge in [0.05, 0.1) is 15.7 Å². The van der Waals surface area contributed by atoms with Crippen LogP contribution in [0.5, 0.6) is 0 Å². The highest BCUT2D eigenvalue weighted by Gasteiger charge is 2.19. The van der Waals surface area contributed by atoms with Crippen LogP contribution in [0.4, 0.5) is 0 Å². The van der Waals surface area contributed by atoms with E-state index in [-0.39, 0.29) is 5.78 Å². The van der Waals surface area contributed by atoms with Gasteiger partial charge < -0.3 is 0 Å². The molecule has 4 rings (SSSR count). The van der Waals surface area contributed by atoms with Gasteiger partial charge in [-0.3, -0.25) is 9.36 Å². The van der Waals surface area contributed by atoms with E-state index in [0.717, 1.165) is 21.0 Å². The summed E-state index contributed by atoms with van der Waals surface area (Å²) in [6.07, 6.45) is 0. The molecule has 0 fully saturated rings. The van der Waals surface area contributed by atoms with E-state index in [1.165, 1.54) is 23.1 Å². The molecule has 4 aromatic rings. The number of Topliss-reactive ketones (excluding diaryl/α,β-unsaturated/α-hetero) is 1. The molecule has 0 unspecified atom stereocenters. The summed E-state index contributed by atoms with van der Waals surface area (Å²) in [7, 11) is 0. The van der Waals surface area contributed by atoms with E-state index in [4.69, 9.17) is 11.6 Å². The molecule has 0 bridgehead atoms. The highest BCUT2D eigenvalue weighted by atomic mass is 35.5. The van der Waals surface area contributed by atoms with E-state index >= 15 is 0 Å². The molecule has 140 valence electrons. The smallest absolute Gasteiger partial charge is 0.196 e. The number of carbonyl (C=O) groups is 1. The van der Waals surface area contributed by atoms with Crippen LogP contribution < -0.4 is 0 Å². The molecule has 4 nitrogen and oxygen atoms in total. The zero-order valence-corrected chi connectivity index (χ0v) is 17.4. The van der Waals surface area contributed by atoms with Crippen LogP contribution in [-0.4, -0.2) is 26.3 Å². The molecule has 2 aromatic heterocycles. The van der Waals surface area contributed by atoms with Crippen LogP contribution in [0.1, 0.15) is 14.5 Å². The van der Waals surface area contributed by atoms with Crippen molar-refractivity contribution in [2.24, 2.45) is 0 Å². The number of halogens is 1. The summed E-state index contributed by atoms with van der Waals surface area (Å²) < 4.78 is 1.94. The SMILES string of the molecule is Cc1ccc(C(=O)CSc2nnc(-c3ccccc3Cl)n2-c2ccccc2)s1. The van der Waals surface area contributed by atoms with E-state index < -0.39 is 0 Å². The van der Waals surface area contributed by atoms with Gasteiger partial charge in [0.1, 0.15) is 0 Å². The second-order valence-electron chi connectivity index (χ2n) is 6.08. The first kappa shape index (κ1) is 18.9. The number of thiophene rings is 1. The molecule has 0 aliphatic heterocycles. The van der Waals surface area contributed by atoms with Crippen LogP contribution in [0.25, 0.3) is 17.1 Å². The van der Waals surface area contributed by atoms with E-state index in [1.807, 2.05) is 78.2 Å². The number of hydrogen-bond acceptors (Lipinski definition) is 5. The summed E-state index contributed by atoms with van der Waals surface area (Å²) in [5, 5.41) is 9.99. The number of aryl methyl sites for hydroxylation is 1. The Morgan fingerprint density at radius 3 is 2.50 bits per heavy atom. The third-order valence-electron chi connectivity index (χ3n) is 4.11. The number of ketones is 1. The van der Waals surface area contributed by atoms with E-state index in [2.05, 4.69) is 10.2 Å². The Hall–Kier alpha value is -2.41. The Morgan fingerprint density at radius 1 is 1.04 bits per heavy atom.